The molecule has 0 radical (unpaired) electrons. The van der Waals surface area contributed by atoms with Gasteiger partial charge in [0.05, 0.1) is 25.4 Å². The maximum atomic E-state index is 13.4. The van der Waals surface area contributed by atoms with Gasteiger partial charge in [-0.2, -0.15) is 13.2 Å². The van der Waals surface area contributed by atoms with Crippen molar-refractivity contribution >= 4 is 23.4 Å². The van der Waals surface area contributed by atoms with Crippen LogP contribution in [0.5, 0.6) is 0 Å². The van der Waals surface area contributed by atoms with Gasteiger partial charge in [0.2, 0.25) is 0 Å². The molecule has 2 aromatic rings. The van der Waals surface area contributed by atoms with E-state index in [1.54, 1.807) is 55.4 Å². The van der Waals surface area contributed by atoms with E-state index in [-0.39, 0.29) is 16.8 Å². The summed E-state index contributed by atoms with van der Waals surface area (Å²) in [6.45, 7) is 0. The number of carbonyl (C=O) groups is 2. The number of pyridine rings is 1. The largest absolute Gasteiger partial charge is 0.465 e. The molecule has 0 amide bonds. The summed E-state index contributed by atoms with van der Waals surface area (Å²) < 4.78 is 49.8. The van der Waals surface area contributed by atoms with Crippen LogP contribution in [0.4, 0.5) is 24.7 Å². The number of halogens is 3. The van der Waals surface area contributed by atoms with Crippen LogP contribution < -0.4 is 9.80 Å². The number of rotatable bonds is 5. The van der Waals surface area contributed by atoms with Gasteiger partial charge in [0, 0.05) is 37.7 Å². The van der Waals surface area contributed by atoms with Crippen molar-refractivity contribution < 1.29 is 32.2 Å². The third-order valence-corrected chi connectivity index (χ3v) is 4.94. The van der Waals surface area contributed by atoms with E-state index in [0.29, 0.717) is 17.1 Å². The van der Waals surface area contributed by atoms with Gasteiger partial charge >= 0.3 is 18.1 Å². The molecule has 34 heavy (non-hydrogen) atoms. The lowest BCUT2D eigenvalue weighted by Gasteiger charge is -2.24. The molecule has 0 atom stereocenters. The molecule has 178 valence electrons. The van der Waals surface area contributed by atoms with Crippen molar-refractivity contribution in [3.63, 3.8) is 0 Å². The SMILES string of the molecule is COC(=O)C1=C(C(=O)OC)N(c2cccc(-c3cc(C(F)(F)F)cnc3N(C)C)c2)C=CC=C1. The third-order valence-electron chi connectivity index (χ3n) is 4.94. The van der Waals surface area contributed by atoms with E-state index in [9.17, 15) is 22.8 Å². The highest BCUT2D eigenvalue weighted by atomic mass is 19.4. The zero-order valence-electron chi connectivity index (χ0n) is 18.9. The molecule has 0 saturated carbocycles. The molecule has 2 heterocycles. The van der Waals surface area contributed by atoms with Crippen LogP contribution in [0.2, 0.25) is 0 Å². The number of nitrogens with zero attached hydrogens (tertiary/aromatic N) is 3. The quantitative estimate of drug-likeness (QED) is 0.599. The van der Waals surface area contributed by atoms with Gasteiger partial charge in [0.15, 0.2) is 0 Å². The van der Waals surface area contributed by atoms with E-state index >= 15 is 0 Å². The highest BCUT2D eigenvalue weighted by molar-refractivity contribution is 6.05. The van der Waals surface area contributed by atoms with Crippen LogP contribution in [0.15, 0.2) is 72.2 Å². The van der Waals surface area contributed by atoms with Gasteiger partial charge in [-0.1, -0.05) is 18.2 Å². The lowest BCUT2D eigenvalue weighted by molar-refractivity contribution is -0.139. The van der Waals surface area contributed by atoms with E-state index in [1.807, 2.05) is 0 Å². The first-order valence-electron chi connectivity index (χ1n) is 9.98. The first kappa shape index (κ1) is 24.6. The van der Waals surface area contributed by atoms with Crippen LogP contribution in [0.25, 0.3) is 11.1 Å². The highest BCUT2D eigenvalue weighted by Crippen LogP contribution is 2.37. The van der Waals surface area contributed by atoms with E-state index in [2.05, 4.69) is 4.98 Å². The van der Waals surface area contributed by atoms with Gasteiger partial charge < -0.3 is 19.3 Å². The minimum Gasteiger partial charge on any atom is -0.465 e. The van der Waals surface area contributed by atoms with Crippen LogP contribution >= 0.6 is 0 Å². The van der Waals surface area contributed by atoms with Gasteiger partial charge in [0.1, 0.15) is 11.5 Å². The van der Waals surface area contributed by atoms with E-state index in [0.717, 1.165) is 12.3 Å². The van der Waals surface area contributed by atoms with Crippen LogP contribution in [-0.4, -0.2) is 45.2 Å². The Morgan fingerprint density at radius 1 is 1.03 bits per heavy atom. The summed E-state index contributed by atoms with van der Waals surface area (Å²) in [4.78, 5) is 32.0. The Labute approximate surface area is 194 Å². The summed E-state index contributed by atoms with van der Waals surface area (Å²) in [5.74, 6) is -1.22. The predicted octanol–water partition coefficient (Wildman–Crippen LogP) is 4.32. The number of ether oxygens (including phenoxy) is 2. The van der Waals surface area contributed by atoms with Crippen molar-refractivity contribution in [1.82, 2.24) is 4.98 Å². The van der Waals surface area contributed by atoms with Crippen molar-refractivity contribution in [1.29, 1.82) is 0 Å². The zero-order chi connectivity index (χ0) is 25.0. The second kappa shape index (κ2) is 9.82. The number of allylic oxidation sites excluding steroid dienone is 2. The Balaban J connectivity index is 2.21. The molecule has 0 fully saturated rings. The van der Waals surface area contributed by atoms with Gasteiger partial charge in [0.25, 0.3) is 0 Å². The lowest BCUT2D eigenvalue weighted by atomic mass is 10.0. The summed E-state index contributed by atoms with van der Waals surface area (Å²) >= 11 is 0. The Morgan fingerprint density at radius 2 is 1.74 bits per heavy atom. The van der Waals surface area contributed by atoms with Crippen LogP contribution in [0.3, 0.4) is 0 Å². The average Bonchev–Trinajstić information content (AvgIpc) is 3.05. The molecular weight excluding hydrogens is 451 g/mol. The van der Waals surface area contributed by atoms with Gasteiger partial charge in [-0.25, -0.2) is 14.6 Å². The second-order valence-electron chi connectivity index (χ2n) is 7.35. The molecule has 0 saturated heterocycles. The number of hydrogen-bond donors (Lipinski definition) is 0. The van der Waals surface area contributed by atoms with Gasteiger partial charge in [-0.15, -0.1) is 0 Å². The molecule has 1 aliphatic heterocycles. The number of methoxy groups -OCH3 is 2. The van der Waals surface area contributed by atoms with Crippen LogP contribution in [-0.2, 0) is 25.2 Å². The van der Waals surface area contributed by atoms with Gasteiger partial charge in [-0.05, 0) is 35.9 Å². The number of esters is 2. The lowest BCUT2D eigenvalue weighted by Crippen LogP contribution is -2.27. The Hall–Kier alpha value is -4.08. The standard InChI is InChI=1S/C24H22F3N3O4/c1-29(2)21-19(13-16(14-28-21)24(25,26)27)15-8-7-9-17(12-15)30-11-6-5-10-18(22(31)33-3)20(30)23(32)34-4/h5-14H,1-4H3. The summed E-state index contributed by atoms with van der Waals surface area (Å²) in [6.07, 6.45) is 2.32. The maximum absolute atomic E-state index is 13.4. The van der Waals surface area contributed by atoms with Crippen molar-refractivity contribution in [3.8, 4) is 11.1 Å². The average molecular weight is 473 g/mol. The fraction of sp³-hybridized carbons (Fsp3) is 0.208. The van der Waals surface area contributed by atoms with E-state index in [1.165, 1.54) is 31.4 Å². The molecule has 1 aromatic carbocycles. The Kier molecular flexibility index (Phi) is 7.09. The van der Waals surface area contributed by atoms with E-state index in [4.69, 9.17) is 9.47 Å². The van der Waals surface area contributed by atoms with Crippen LogP contribution in [0, 0.1) is 0 Å². The van der Waals surface area contributed by atoms with Crippen LogP contribution in [0.1, 0.15) is 5.56 Å². The minimum atomic E-state index is -4.57. The molecule has 0 N–H and O–H groups in total. The van der Waals surface area contributed by atoms with Crippen molar-refractivity contribution in [2.24, 2.45) is 0 Å². The second-order valence-corrected chi connectivity index (χ2v) is 7.35. The zero-order valence-corrected chi connectivity index (χ0v) is 18.9. The van der Waals surface area contributed by atoms with Crippen molar-refractivity contribution in [3.05, 3.63) is 77.8 Å². The molecule has 10 heteroatoms. The molecule has 1 aromatic heterocycles. The normalized spacial score (nSPS) is 13.6. The first-order valence-corrected chi connectivity index (χ1v) is 9.98. The Bertz CT molecular complexity index is 1200. The molecular formula is C24H22F3N3O4. The summed E-state index contributed by atoms with van der Waals surface area (Å²) in [5.41, 5.74) is 0.0393. The first-order chi connectivity index (χ1) is 16.1. The monoisotopic (exact) mass is 473 g/mol. The van der Waals surface area contributed by atoms with Crippen molar-refractivity contribution in [2.75, 3.05) is 38.1 Å². The molecule has 0 aliphatic carbocycles. The third kappa shape index (κ3) is 4.95. The summed E-state index contributed by atoms with van der Waals surface area (Å²) in [7, 11) is 5.71. The topological polar surface area (TPSA) is 72.0 Å². The summed E-state index contributed by atoms with van der Waals surface area (Å²) in [6, 6.07) is 7.53. The molecule has 0 bridgehead atoms. The Morgan fingerprint density at radius 3 is 2.35 bits per heavy atom. The number of carbonyl (C=O) groups excluding carboxylic acids is 2. The molecule has 3 rings (SSSR count). The highest BCUT2D eigenvalue weighted by Gasteiger charge is 2.32. The molecule has 7 nitrogen and oxygen atoms in total. The number of anilines is 2. The fourth-order valence-electron chi connectivity index (χ4n) is 3.37. The number of benzene rings is 1. The number of hydrogen-bond acceptors (Lipinski definition) is 7. The summed E-state index contributed by atoms with van der Waals surface area (Å²) in [5, 5.41) is 0. The molecule has 0 unspecified atom stereocenters. The number of alkyl halides is 3. The number of aromatic nitrogens is 1. The van der Waals surface area contributed by atoms with E-state index < -0.39 is 23.7 Å². The fourth-order valence-corrected chi connectivity index (χ4v) is 3.37. The molecule has 0 spiro atoms. The smallest absolute Gasteiger partial charge is 0.417 e. The predicted molar refractivity (Wildman–Crippen MR) is 121 cm³/mol. The maximum Gasteiger partial charge on any atom is 0.417 e. The minimum absolute atomic E-state index is 0.0422. The van der Waals surface area contributed by atoms with Crippen molar-refractivity contribution in [2.45, 2.75) is 6.18 Å². The molecule has 1 aliphatic rings. The van der Waals surface area contributed by atoms with Gasteiger partial charge in [-0.3, -0.25) is 0 Å².